The molecule has 3 aliphatic heterocycles. The van der Waals surface area contributed by atoms with Crippen LogP contribution in [0.25, 0.3) is 0 Å². The van der Waals surface area contributed by atoms with E-state index in [4.69, 9.17) is 0 Å². The number of rotatable bonds is 4. The molecular formula is C20H25N3O3S. The molecule has 1 saturated heterocycles. The fourth-order valence-electron chi connectivity index (χ4n) is 4.17. The molecule has 0 aromatic heterocycles. The summed E-state index contributed by atoms with van der Waals surface area (Å²) in [6.45, 7) is 0.675. The number of carbonyl (C=O) groups is 3. The first-order chi connectivity index (χ1) is 13.1. The van der Waals surface area contributed by atoms with Crippen molar-refractivity contribution in [1.82, 2.24) is 10.6 Å². The summed E-state index contributed by atoms with van der Waals surface area (Å²) in [7, 11) is 0. The van der Waals surface area contributed by atoms with Crippen LogP contribution in [0.15, 0.2) is 27.2 Å². The lowest BCUT2D eigenvalue weighted by Gasteiger charge is -2.19. The van der Waals surface area contributed by atoms with Crippen LogP contribution in [0.2, 0.25) is 0 Å². The minimum Gasteiger partial charge on any atom is -0.354 e. The van der Waals surface area contributed by atoms with E-state index in [0.29, 0.717) is 25.1 Å². The van der Waals surface area contributed by atoms with Gasteiger partial charge < -0.3 is 10.6 Å². The minimum absolute atomic E-state index is 0.102. The third-order valence-electron chi connectivity index (χ3n) is 5.61. The highest BCUT2D eigenvalue weighted by molar-refractivity contribution is 8.17. The molecule has 0 spiro atoms. The highest BCUT2D eigenvalue weighted by atomic mass is 32.2. The highest BCUT2D eigenvalue weighted by Gasteiger charge is 2.39. The van der Waals surface area contributed by atoms with Crippen LogP contribution in [0, 0.1) is 5.92 Å². The number of ketones is 1. The van der Waals surface area contributed by atoms with Gasteiger partial charge in [0.15, 0.2) is 5.78 Å². The second-order valence-electron chi connectivity index (χ2n) is 7.59. The molecule has 0 bridgehead atoms. The van der Waals surface area contributed by atoms with Crippen molar-refractivity contribution in [3.05, 3.63) is 22.3 Å². The third-order valence-corrected chi connectivity index (χ3v) is 6.86. The Morgan fingerprint density at radius 2 is 2.07 bits per heavy atom. The second kappa shape index (κ2) is 8.00. The Morgan fingerprint density at radius 1 is 1.22 bits per heavy atom. The molecule has 0 aromatic carbocycles. The summed E-state index contributed by atoms with van der Waals surface area (Å²) < 4.78 is 0. The monoisotopic (exact) mass is 387 g/mol. The Balaban J connectivity index is 1.34. The van der Waals surface area contributed by atoms with Crippen molar-refractivity contribution >= 4 is 34.4 Å². The lowest BCUT2D eigenvalue weighted by Crippen LogP contribution is -2.45. The van der Waals surface area contributed by atoms with E-state index in [2.05, 4.69) is 15.6 Å². The first kappa shape index (κ1) is 18.5. The van der Waals surface area contributed by atoms with Crippen LogP contribution in [-0.4, -0.2) is 35.2 Å². The molecular weight excluding hydrogens is 362 g/mol. The SMILES string of the molecule is O=C(CCC1=CC(=O)C2C(=N1)SC1=C2CCCC1)NC1CCCCNC1=O. The Labute approximate surface area is 163 Å². The van der Waals surface area contributed by atoms with Crippen LogP contribution < -0.4 is 10.6 Å². The van der Waals surface area contributed by atoms with Crippen LogP contribution in [0.4, 0.5) is 0 Å². The van der Waals surface area contributed by atoms with Gasteiger partial charge in [0.1, 0.15) is 6.04 Å². The van der Waals surface area contributed by atoms with Crippen LogP contribution in [0.3, 0.4) is 0 Å². The molecule has 4 aliphatic rings. The second-order valence-corrected chi connectivity index (χ2v) is 8.70. The molecule has 4 rings (SSSR count). The van der Waals surface area contributed by atoms with Crippen molar-refractivity contribution in [2.45, 2.75) is 63.8 Å². The molecule has 2 atom stereocenters. The van der Waals surface area contributed by atoms with Gasteiger partial charge >= 0.3 is 0 Å². The number of amides is 2. The van der Waals surface area contributed by atoms with Crippen molar-refractivity contribution in [2.24, 2.45) is 10.9 Å². The van der Waals surface area contributed by atoms with E-state index in [-0.39, 0.29) is 29.9 Å². The number of thioether (sulfide) groups is 1. The van der Waals surface area contributed by atoms with Crippen LogP contribution in [0.5, 0.6) is 0 Å². The van der Waals surface area contributed by atoms with Gasteiger partial charge in [-0.15, -0.1) is 0 Å². The fraction of sp³-hybridized carbons (Fsp3) is 0.600. The summed E-state index contributed by atoms with van der Waals surface area (Å²) in [5.74, 6) is -0.310. The predicted octanol–water partition coefficient (Wildman–Crippen LogP) is 2.61. The zero-order valence-corrected chi connectivity index (χ0v) is 16.2. The maximum absolute atomic E-state index is 12.6. The topological polar surface area (TPSA) is 87.6 Å². The lowest BCUT2D eigenvalue weighted by atomic mass is 9.86. The number of nitrogens with zero attached hydrogens (tertiary/aromatic N) is 1. The van der Waals surface area contributed by atoms with Crippen LogP contribution in [-0.2, 0) is 14.4 Å². The highest BCUT2D eigenvalue weighted by Crippen LogP contribution is 2.48. The normalized spacial score (nSPS) is 27.9. The largest absolute Gasteiger partial charge is 0.354 e. The molecule has 6 nitrogen and oxygen atoms in total. The van der Waals surface area contributed by atoms with Gasteiger partial charge in [-0.1, -0.05) is 11.8 Å². The van der Waals surface area contributed by atoms with E-state index in [9.17, 15) is 14.4 Å². The van der Waals surface area contributed by atoms with Gasteiger partial charge in [-0.3, -0.25) is 14.4 Å². The first-order valence-electron chi connectivity index (χ1n) is 9.91. The van der Waals surface area contributed by atoms with Crippen molar-refractivity contribution in [2.75, 3.05) is 6.54 Å². The number of carbonyl (C=O) groups excluding carboxylic acids is 3. The van der Waals surface area contributed by atoms with Crippen molar-refractivity contribution in [1.29, 1.82) is 0 Å². The van der Waals surface area contributed by atoms with Gasteiger partial charge in [0.25, 0.3) is 0 Å². The zero-order chi connectivity index (χ0) is 18.8. The molecule has 2 unspecified atom stereocenters. The van der Waals surface area contributed by atoms with E-state index in [1.54, 1.807) is 17.8 Å². The molecule has 144 valence electrons. The van der Waals surface area contributed by atoms with E-state index in [0.717, 1.165) is 37.1 Å². The Kier molecular flexibility index (Phi) is 5.48. The third kappa shape index (κ3) is 4.03. The van der Waals surface area contributed by atoms with E-state index < -0.39 is 6.04 Å². The number of nitrogens with one attached hydrogen (secondary N) is 2. The standard InChI is InChI=1S/C20H25N3O3S/c24-15-11-12(22-20-18(15)13-5-1-2-7-16(13)27-20)8-9-17(25)23-14-6-3-4-10-21-19(14)26/h11,14,18H,1-10H2,(H,21,26)(H,23,25). The molecule has 2 amide bonds. The molecule has 0 radical (unpaired) electrons. The molecule has 27 heavy (non-hydrogen) atoms. The fourth-order valence-corrected chi connectivity index (χ4v) is 5.56. The molecule has 1 fully saturated rings. The van der Waals surface area contributed by atoms with E-state index in [1.807, 2.05) is 0 Å². The summed E-state index contributed by atoms with van der Waals surface area (Å²) in [5, 5.41) is 6.54. The Bertz CT molecular complexity index is 768. The number of allylic oxidation sites excluding steroid dienone is 4. The quantitative estimate of drug-likeness (QED) is 0.776. The average Bonchev–Trinajstić information content (AvgIpc) is 2.92. The van der Waals surface area contributed by atoms with Gasteiger partial charge in [0.2, 0.25) is 11.8 Å². The molecule has 3 heterocycles. The summed E-state index contributed by atoms with van der Waals surface area (Å²) in [5.41, 5.74) is 1.96. The molecule has 2 N–H and O–H groups in total. The predicted molar refractivity (Wildman–Crippen MR) is 105 cm³/mol. The van der Waals surface area contributed by atoms with Crippen molar-refractivity contribution < 1.29 is 14.4 Å². The molecule has 0 aromatic rings. The van der Waals surface area contributed by atoms with Gasteiger partial charge in [-0.05, 0) is 61.8 Å². The van der Waals surface area contributed by atoms with Gasteiger partial charge in [-0.2, -0.15) is 0 Å². The summed E-state index contributed by atoms with van der Waals surface area (Å²) >= 11 is 1.67. The van der Waals surface area contributed by atoms with Crippen molar-refractivity contribution in [3.8, 4) is 0 Å². The maximum Gasteiger partial charge on any atom is 0.242 e. The van der Waals surface area contributed by atoms with Crippen LogP contribution in [0.1, 0.15) is 57.8 Å². The number of hydrogen-bond donors (Lipinski definition) is 2. The van der Waals surface area contributed by atoms with Gasteiger partial charge in [0, 0.05) is 24.7 Å². The van der Waals surface area contributed by atoms with Gasteiger partial charge in [0.05, 0.1) is 11.0 Å². The van der Waals surface area contributed by atoms with E-state index in [1.165, 1.54) is 16.9 Å². The Morgan fingerprint density at radius 3 is 2.96 bits per heavy atom. The minimum atomic E-state index is -0.445. The zero-order valence-electron chi connectivity index (χ0n) is 15.4. The lowest BCUT2D eigenvalue weighted by molar-refractivity contribution is -0.128. The number of fused-ring (bicyclic) bond motifs is 2. The van der Waals surface area contributed by atoms with Crippen molar-refractivity contribution in [3.63, 3.8) is 0 Å². The first-order valence-corrected chi connectivity index (χ1v) is 10.7. The number of hydrogen-bond acceptors (Lipinski definition) is 5. The molecule has 1 aliphatic carbocycles. The van der Waals surface area contributed by atoms with Crippen LogP contribution >= 0.6 is 11.8 Å². The average molecular weight is 388 g/mol. The number of aliphatic imine (C=N–C) groups is 1. The summed E-state index contributed by atoms with van der Waals surface area (Å²) in [6, 6.07) is -0.445. The summed E-state index contributed by atoms with van der Waals surface area (Å²) in [4.78, 5) is 42.8. The smallest absolute Gasteiger partial charge is 0.242 e. The summed E-state index contributed by atoms with van der Waals surface area (Å²) in [6.07, 6.45) is 9.24. The van der Waals surface area contributed by atoms with E-state index >= 15 is 0 Å². The molecule has 7 heteroatoms. The molecule has 0 saturated carbocycles. The maximum atomic E-state index is 12.6. The Hall–Kier alpha value is -1.89. The van der Waals surface area contributed by atoms with Gasteiger partial charge in [-0.25, -0.2) is 4.99 Å².